The maximum absolute atomic E-state index is 14.8. The van der Waals surface area contributed by atoms with Crippen LogP contribution in [-0.4, -0.2) is 186 Å². The second-order valence-corrected chi connectivity index (χ2v) is 31.1. The van der Waals surface area contributed by atoms with E-state index in [2.05, 4.69) is 31.9 Å². The molecular weight excluding hydrogens is 1560 g/mol. The van der Waals surface area contributed by atoms with Crippen LogP contribution in [0.25, 0.3) is 0 Å². The summed E-state index contributed by atoms with van der Waals surface area (Å²) in [6, 6.07) is 9.27. The molecule has 630 valence electrons. The zero-order valence-electron chi connectivity index (χ0n) is 65.7. The monoisotopic (exact) mass is 1650 g/mol. The molecule has 4 aromatic rings. The third-order valence-corrected chi connectivity index (χ3v) is 18.2. The van der Waals surface area contributed by atoms with Crippen LogP contribution in [0.3, 0.4) is 0 Å². The maximum atomic E-state index is 14.8. The van der Waals surface area contributed by atoms with E-state index in [4.69, 9.17) is 43.6 Å². The molecule has 12 rings (SSSR count). The van der Waals surface area contributed by atoms with Crippen LogP contribution in [-0.2, 0) is 124 Å². The molecule has 4 atom stereocenters. The minimum Gasteiger partial charge on any atom is -0.459 e. The van der Waals surface area contributed by atoms with Crippen molar-refractivity contribution < 1.29 is 131 Å². The first-order chi connectivity index (χ1) is 53.4. The van der Waals surface area contributed by atoms with Crippen molar-refractivity contribution in [1.82, 2.24) is 35.6 Å². The molecule has 0 radical (unpaired) electrons. The van der Waals surface area contributed by atoms with Crippen molar-refractivity contribution in [3.05, 3.63) is 116 Å². The van der Waals surface area contributed by atoms with Gasteiger partial charge in [0, 0.05) is 87.5 Å². The Morgan fingerprint density at radius 3 is 0.793 bits per heavy atom. The van der Waals surface area contributed by atoms with Gasteiger partial charge in [-0.25, -0.2) is 70.7 Å². The van der Waals surface area contributed by atoms with Crippen molar-refractivity contribution >= 4 is 125 Å². The number of carbonyl (C=O) groups excluding carboxylic acids is 15. The second kappa shape index (κ2) is 34.7. The number of nitrogens with two attached hydrogens (primary N) is 1. The molecule has 4 aromatic carbocycles. The SMILES string of the molecule is C.CC(C)(C)OC(=O)CN1C(=O)OC2(CCc3c2ccc(N)c3F)C1=O.CNC(=O)Nc1ccc2c(c1F)CCC21OC(=O)N(CC(=O)OC(C)(C)C)C1=O.CNC(=O)Nc1ccc2c(c1F)CC[C@@]21OC(=O)N(CC(=O)OC(C)(C)C)C1=O.CNC(=O)Nc1ccc2c(c1F)CC[C@]21OC(=O)N(CC(=O)OC(C)(C)C)C1=O.CSF. The quantitative estimate of drug-likeness (QED) is 0.0318. The lowest BCUT2D eigenvalue weighted by atomic mass is 9.94. The van der Waals surface area contributed by atoms with E-state index >= 15 is 0 Å². The molecule has 40 heteroatoms. The van der Waals surface area contributed by atoms with E-state index in [-0.39, 0.29) is 138 Å². The number of hydrogen-bond donors (Lipinski definition) is 7. The molecule has 116 heavy (non-hydrogen) atoms. The molecule has 0 aromatic heterocycles. The lowest BCUT2D eigenvalue weighted by Gasteiger charge is -2.22. The first-order valence-corrected chi connectivity index (χ1v) is 36.7. The molecule has 8 aliphatic rings. The highest BCUT2D eigenvalue weighted by Gasteiger charge is 2.63. The van der Waals surface area contributed by atoms with E-state index in [9.17, 15) is 93.4 Å². The normalized spacial score (nSPS) is 20.4. The summed E-state index contributed by atoms with van der Waals surface area (Å²) in [4.78, 5) is 186. The van der Waals surface area contributed by atoms with E-state index in [0.717, 1.165) is 0 Å². The fourth-order valence-electron chi connectivity index (χ4n) is 13.6. The number of ether oxygens (including phenoxy) is 8. The van der Waals surface area contributed by atoms with Gasteiger partial charge in [-0.2, -0.15) is 3.89 Å². The number of carbonyl (C=O) groups is 15. The average Bonchev–Trinajstić information content (AvgIpc) is 1.59. The number of urea groups is 3. The number of hydrogen-bond acceptors (Lipinski definition) is 25. The van der Waals surface area contributed by atoms with Crippen molar-refractivity contribution in [2.75, 3.05) is 75.3 Å². The van der Waals surface area contributed by atoms with E-state index in [1.54, 1.807) is 83.1 Å². The van der Waals surface area contributed by atoms with Gasteiger partial charge in [0.2, 0.25) is 22.4 Å². The zero-order valence-corrected chi connectivity index (χ0v) is 66.5. The number of imide groups is 4. The van der Waals surface area contributed by atoms with Crippen LogP contribution in [0.5, 0.6) is 0 Å². The Bertz CT molecular complexity index is 4350. The van der Waals surface area contributed by atoms with Crippen LogP contribution in [0.15, 0.2) is 48.5 Å². The molecule has 0 bridgehead atoms. The van der Waals surface area contributed by atoms with Crippen LogP contribution in [0.1, 0.15) is 161 Å². The van der Waals surface area contributed by atoms with Crippen molar-refractivity contribution in [3.63, 3.8) is 0 Å². The number of benzene rings is 4. The van der Waals surface area contributed by atoms with Crippen LogP contribution in [0.2, 0.25) is 0 Å². The van der Waals surface area contributed by atoms with Gasteiger partial charge in [-0.3, -0.25) is 38.4 Å². The van der Waals surface area contributed by atoms with E-state index in [1.165, 1.54) is 75.9 Å². The molecule has 4 heterocycles. The van der Waals surface area contributed by atoms with Gasteiger partial charge < -0.3 is 75.5 Å². The van der Waals surface area contributed by atoms with E-state index in [1.807, 2.05) is 0 Å². The molecule has 4 aliphatic carbocycles. The first-order valence-electron chi connectivity index (χ1n) is 35.6. The van der Waals surface area contributed by atoms with Crippen LogP contribution < -0.4 is 37.6 Å². The predicted molar refractivity (Wildman–Crippen MR) is 402 cm³/mol. The third-order valence-electron chi connectivity index (χ3n) is 18.2. The van der Waals surface area contributed by atoms with Gasteiger partial charge in [-0.15, -0.1) is 0 Å². The summed E-state index contributed by atoms with van der Waals surface area (Å²) in [6.45, 7) is 17.7. The van der Waals surface area contributed by atoms with Gasteiger partial charge in [0.15, 0.2) is 0 Å². The molecule has 4 aliphatic heterocycles. The zero-order chi connectivity index (χ0) is 86.0. The summed E-state index contributed by atoms with van der Waals surface area (Å²) in [6.07, 6.45) is -1.69. The Morgan fingerprint density at radius 2 is 0.595 bits per heavy atom. The summed E-state index contributed by atoms with van der Waals surface area (Å²) in [5.74, 6) is -8.59. The highest BCUT2D eigenvalue weighted by Crippen LogP contribution is 2.52. The Balaban J connectivity index is 0.000000211. The molecule has 4 spiro atoms. The van der Waals surface area contributed by atoms with E-state index in [0.29, 0.717) is 19.6 Å². The maximum Gasteiger partial charge on any atom is 0.418 e. The highest BCUT2D eigenvalue weighted by molar-refractivity contribution is 7.93. The number of nitrogens with zero attached hydrogens (tertiary/aromatic N) is 4. The standard InChI is InChI=1S/3C19H22FN3O6.C17H19FN2O5.CH3FS.CH4/c3*1-18(2,3)28-13(24)9-23-15(25)19(29-17(23)27)8-7-10-11(19)5-6-12(14(10)20)22-16(26)21-4;1-16(2,3)24-12(21)8-20-14(22)17(25-15(20)23)7-6-9-10(17)4-5-11(19)13(9)18;1-3-2;/h3*5-6H,7-9H2,1-4H3,(H2,21,22,26);4-5H,6-8,19H2,1-3H3;1H3;1H4/t2*19-;;;;/m10..../s1. The lowest BCUT2D eigenvalue weighted by molar-refractivity contribution is -0.158. The molecule has 14 amide bonds. The Kier molecular flexibility index (Phi) is 27.3. The third kappa shape index (κ3) is 19.1. The molecular formula is C76H92F5N11O23S. The predicted octanol–water partition coefficient (Wildman–Crippen LogP) is 9.86. The number of esters is 4. The van der Waals surface area contributed by atoms with Crippen molar-refractivity contribution in [3.8, 4) is 0 Å². The number of fused-ring (bicyclic) bond motifs is 8. The van der Waals surface area contributed by atoms with Gasteiger partial charge in [-0.1, -0.05) is 31.7 Å². The summed E-state index contributed by atoms with van der Waals surface area (Å²) in [5, 5.41) is 14.0. The highest BCUT2D eigenvalue weighted by atomic mass is 32.2. The van der Waals surface area contributed by atoms with Crippen LogP contribution in [0.4, 0.5) is 77.8 Å². The van der Waals surface area contributed by atoms with Crippen molar-refractivity contribution in [2.24, 2.45) is 0 Å². The summed E-state index contributed by atoms with van der Waals surface area (Å²) in [7, 11) is 4.18. The van der Waals surface area contributed by atoms with Gasteiger partial charge in [0.1, 0.15) is 71.9 Å². The fourth-order valence-corrected chi connectivity index (χ4v) is 13.6. The topological polar surface area (TPSA) is 441 Å². The summed E-state index contributed by atoms with van der Waals surface area (Å²) >= 11 is 0.250. The molecule has 2 unspecified atom stereocenters. The number of nitrogen functional groups attached to an aromatic ring is 1. The number of halogens is 5. The van der Waals surface area contributed by atoms with Gasteiger partial charge in [-0.05, 0) is 155 Å². The number of anilines is 4. The largest absolute Gasteiger partial charge is 0.459 e. The first kappa shape index (κ1) is 91.3. The average molecular weight is 1650 g/mol. The van der Waals surface area contributed by atoms with Crippen LogP contribution >= 0.6 is 12.1 Å². The second-order valence-electron chi connectivity index (χ2n) is 30.8. The van der Waals surface area contributed by atoms with Crippen LogP contribution in [0, 0.1) is 23.3 Å². The van der Waals surface area contributed by atoms with Crippen molar-refractivity contribution in [1.29, 1.82) is 0 Å². The number of amides is 14. The number of nitrogens with one attached hydrogen (secondary N) is 6. The Labute approximate surface area is 667 Å². The minimum absolute atomic E-state index is 0. The Morgan fingerprint density at radius 1 is 0.397 bits per heavy atom. The molecule has 4 saturated heterocycles. The van der Waals surface area contributed by atoms with Gasteiger partial charge in [0.25, 0.3) is 23.6 Å². The van der Waals surface area contributed by atoms with Gasteiger partial charge in [0.05, 0.1) is 22.7 Å². The van der Waals surface area contributed by atoms with Crippen molar-refractivity contribution in [2.45, 2.75) is 187 Å². The van der Waals surface area contributed by atoms with Gasteiger partial charge >= 0.3 is 66.3 Å². The summed E-state index contributed by atoms with van der Waals surface area (Å²) in [5.41, 5.74) is -2.64. The number of rotatable bonds is 11. The molecule has 0 saturated carbocycles. The smallest absolute Gasteiger partial charge is 0.418 e. The molecule has 4 fully saturated rings. The lowest BCUT2D eigenvalue weighted by Crippen LogP contribution is -2.41. The molecule has 8 N–H and O–H groups in total. The molecule has 34 nitrogen and oxygen atoms in total. The minimum atomic E-state index is -1.68. The Hall–Kier alpha value is -11.9. The summed E-state index contributed by atoms with van der Waals surface area (Å²) < 4.78 is 111. The van der Waals surface area contributed by atoms with E-state index < -0.39 is 184 Å². The fraction of sp³-hybridized carbons (Fsp3) is 0.487.